The molecule has 0 amide bonds. The van der Waals surface area contributed by atoms with Crippen LogP contribution >= 0.6 is 0 Å². The summed E-state index contributed by atoms with van der Waals surface area (Å²) in [4.78, 5) is 0. The van der Waals surface area contributed by atoms with Crippen LogP contribution in [0.1, 0.15) is 40.9 Å². The molecule has 0 atom stereocenters. The van der Waals surface area contributed by atoms with Crippen molar-refractivity contribution >= 4 is 21.9 Å². The molecule has 0 fully saturated rings. The van der Waals surface area contributed by atoms with E-state index in [1.807, 2.05) is 13.0 Å². The van der Waals surface area contributed by atoms with Crippen molar-refractivity contribution in [3.05, 3.63) is 39.6 Å². The van der Waals surface area contributed by atoms with Crippen molar-refractivity contribution in [3.8, 4) is 0 Å². The summed E-state index contributed by atoms with van der Waals surface area (Å²) in [6.45, 7) is 6.16. The molecule has 3 aromatic rings. The average Bonchev–Trinajstić information content (AvgIpc) is 2.82. The van der Waals surface area contributed by atoms with Crippen molar-refractivity contribution in [2.45, 2.75) is 46.5 Å². The molecule has 0 saturated heterocycles. The van der Waals surface area contributed by atoms with Crippen molar-refractivity contribution in [1.29, 1.82) is 0 Å². The summed E-state index contributed by atoms with van der Waals surface area (Å²) in [5.74, 6) is 0.950. The highest BCUT2D eigenvalue weighted by molar-refractivity contribution is 6.07. The van der Waals surface area contributed by atoms with Gasteiger partial charge in [-0.2, -0.15) is 0 Å². The van der Waals surface area contributed by atoms with Gasteiger partial charge in [0, 0.05) is 10.9 Å². The molecule has 1 aliphatic rings. The number of furan rings is 1. The second-order valence-corrected chi connectivity index (χ2v) is 6.23. The fourth-order valence-electron chi connectivity index (χ4n) is 3.76. The van der Waals surface area contributed by atoms with E-state index in [0.717, 1.165) is 59.1 Å². The van der Waals surface area contributed by atoms with E-state index >= 15 is 0 Å². The van der Waals surface area contributed by atoms with Crippen LogP contribution in [0.25, 0.3) is 21.9 Å². The molecule has 0 unspecified atom stereocenters. The van der Waals surface area contributed by atoms with Gasteiger partial charge in [-0.25, -0.2) is 0 Å². The largest absolute Gasteiger partial charge is 0.460 e. The fraction of sp³-hybridized carbons (Fsp3) is 0.389. The molecule has 0 spiro atoms. The average molecular weight is 297 g/mol. The zero-order valence-corrected chi connectivity index (χ0v) is 13.1. The molecule has 114 valence electrons. The van der Waals surface area contributed by atoms with Gasteiger partial charge in [-0.3, -0.25) is 0 Å². The monoisotopic (exact) mass is 297 g/mol. The van der Waals surface area contributed by atoms with Crippen LogP contribution in [0.2, 0.25) is 0 Å². The maximum absolute atomic E-state index is 9.29. The Hall–Kier alpha value is -2.23. The summed E-state index contributed by atoms with van der Waals surface area (Å²) in [7, 11) is 0. The van der Waals surface area contributed by atoms with Gasteiger partial charge in [-0.15, -0.1) is 0 Å². The molecule has 2 aromatic heterocycles. The Labute approximate surface area is 128 Å². The molecule has 4 heteroatoms. The van der Waals surface area contributed by atoms with E-state index in [1.165, 1.54) is 16.5 Å². The van der Waals surface area contributed by atoms with E-state index in [2.05, 4.69) is 19.0 Å². The van der Waals surface area contributed by atoms with Crippen molar-refractivity contribution in [1.82, 2.24) is 0 Å². The highest BCUT2D eigenvalue weighted by Gasteiger charge is 2.22. The van der Waals surface area contributed by atoms with Crippen LogP contribution in [-0.2, 0) is 12.8 Å². The molecule has 0 aliphatic heterocycles. The maximum atomic E-state index is 9.29. The number of aryl methyl sites for hydroxylation is 4. The number of benzene rings is 1. The lowest BCUT2D eigenvalue weighted by molar-refractivity contribution is 0.274. The first kappa shape index (κ1) is 13.4. The Bertz CT molecular complexity index is 976. The molecular formula is C18H19NO3. The van der Waals surface area contributed by atoms with Crippen LogP contribution in [0.5, 0.6) is 0 Å². The van der Waals surface area contributed by atoms with Crippen molar-refractivity contribution in [3.63, 3.8) is 0 Å². The summed E-state index contributed by atoms with van der Waals surface area (Å²) in [5, 5.41) is 14.9. The van der Waals surface area contributed by atoms with Crippen molar-refractivity contribution < 1.29 is 14.0 Å². The predicted molar refractivity (Wildman–Crippen MR) is 84.2 cm³/mol. The molecule has 1 aromatic carbocycles. The third-order valence-electron chi connectivity index (χ3n) is 4.93. The molecular weight excluding hydrogens is 278 g/mol. The highest BCUT2D eigenvalue weighted by Crippen LogP contribution is 2.37. The lowest BCUT2D eigenvalue weighted by atomic mass is 9.89. The number of hydrogen-bond donors (Lipinski definition) is 1. The lowest BCUT2D eigenvalue weighted by Gasteiger charge is -2.17. The van der Waals surface area contributed by atoms with Gasteiger partial charge < -0.3 is 14.0 Å². The molecule has 4 nitrogen and oxygen atoms in total. The number of nitrogens with zero attached hydrogens (tertiary/aromatic N) is 1. The first-order chi connectivity index (χ1) is 10.6. The third kappa shape index (κ3) is 1.67. The van der Waals surface area contributed by atoms with E-state index in [-0.39, 0.29) is 0 Å². The highest BCUT2D eigenvalue weighted by atomic mass is 16.5. The summed E-state index contributed by atoms with van der Waals surface area (Å²) < 4.78 is 12.0. The molecule has 0 radical (unpaired) electrons. The minimum Gasteiger partial charge on any atom is -0.460 e. The van der Waals surface area contributed by atoms with E-state index in [9.17, 15) is 5.21 Å². The SMILES string of the molecule is Cc1oc2c(c(C)cc3o/c(=N/O)c4c(c32)CCCC4)c1C. The smallest absolute Gasteiger partial charge is 0.259 e. The van der Waals surface area contributed by atoms with Gasteiger partial charge in [0.15, 0.2) is 0 Å². The fourth-order valence-corrected chi connectivity index (χ4v) is 3.76. The van der Waals surface area contributed by atoms with Crippen molar-refractivity contribution in [2.24, 2.45) is 5.16 Å². The molecule has 1 N–H and O–H groups in total. The number of hydrogen-bond acceptors (Lipinski definition) is 4. The van der Waals surface area contributed by atoms with Gasteiger partial charge in [0.2, 0.25) is 0 Å². The lowest BCUT2D eigenvalue weighted by Crippen LogP contribution is -2.17. The van der Waals surface area contributed by atoms with E-state index in [0.29, 0.717) is 5.55 Å². The first-order valence-electron chi connectivity index (χ1n) is 7.77. The summed E-state index contributed by atoms with van der Waals surface area (Å²) >= 11 is 0. The van der Waals surface area contributed by atoms with Crippen LogP contribution in [0.3, 0.4) is 0 Å². The van der Waals surface area contributed by atoms with Gasteiger partial charge in [0.25, 0.3) is 5.55 Å². The van der Waals surface area contributed by atoms with Gasteiger partial charge in [0.1, 0.15) is 16.9 Å². The van der Waals surface area contributed by atoms with Gasteiger partial charge >= 0.3 is 0 Å². The Kier molecular flexibility index (Phi) is 2.83. The van der Waals surface area contributed by atoms with Crippen LogP contribution in [-0.4, -0.2) is 5.21 Å². The Morgan fingerprint density at radius 2 is 1.73 bits per heavy atom. The molecule has 4 rings (SSSR count). The van der Waals surface area contributed by atoms with Gasteiger partial charge in [-0.1, -0.05) is 0 Å². The predicted octanol–water partition coefficient (Wildman–Crippen LogP) is 4.27. The second kappa shape index (κ2) is 4.63. The quantitative estimate of drug-likeness (QED) is 0.498. The number of rotatable bonds is 0. The summed E-state index contributed by atoms with van der Waals surface area (Å²) in [5.41, 5.74) is 6.57. The zero-order valence-electron chi connectivity index (χ0n) is 13.1. The van der Waals surface area contributed by atoms with Crippen LogP contribution < -0.4 is 5.55 Å². The minimum absolute atomic E-state index is 0.348. The van der Waals surface area contributed by atoms with E-state index < -0.39 is 0 Å². The molecule has 2 heterocycles. The van der Waals surface area contributed by atoms with Crippen molar-refractivity contribution in [2.75, 3.05) is 0 Å². The maximum Gasteiger partial charge on any atom is 0.259 e. The van der Waals surface area contributed by atoms with E-state index in [1.54, 1.807) is 0 Å². The second-order valence-electron chi connectivity index (χ2n) is 6.23. The normalized spacial score (nSPS) is 15.7. The molecule has 1 aliphatic carbocycles. The Morgan fingerprint density at radius 3 is 2.45 bits per heavy atom. The first-order valence-corrected chi connectivity index (χ1v) is 7.77. The van der Waals surface area contributed by atoms with Crippen LogP contribution in [0.15, 0.2) is 20.1 Å². The Morgan fingerprint density at radius 1 is 1.00 bits per heavy atom. The van der Waals surface area contributed by atoms with Crippen LogP contribution in [0.4, 0.5) is 0 Å². The third-order valence-corrected chi connectivity index (χ3v) is 4.93. The van der Waals surface area contributed by atoms with Crippen LogP contribution in [0, 0.1) is 20.8 Å². The van der Waals surface area contributed by atoms with E-state index in [4.69, 9.17) is 8.83 Å². The molecule has 0 saturated carbocycles. The molecule has 0 bridgehead atoms. The zero-order chi connectivity index (χ0) is 15.4. The number of fused-ring (bicyclic) bond motifs is 5. The molecule has 22 heavy (non-hydrogen) atoms. The topological polar surface area (TPSA) is 58.9 Å². The van der Waals surface area contributed by atoms with Gasteiger partial charge in [0.05, 0.1) is 5.39 Å². The summed E-state index contributed by atoms with van der Waals surface area (Å²) in [6, 6.07) is 2.03. The minimum atomic E-state index is 0.348. The summed E-state index contributed by atoms with van der Waals surface area (Å²) in [6.07, 6.45) is 4.11. The van der Waals surface area contributed by atoms with Gasteiger partial charge in [-0.05, 0) is 74.4 Å². The standard InChI is InChI=1S/C18H19NO3/c1-9-8-14-16(17-15(9)10(2)11(3)21-17)12-6-4-5-7-13(12)18(19-20)22-14/h8,20H,4-7H2,1-3H3/b19-18+. The Balaban J connectivity index is 2.29.